The summed E-state index contributed by atoms with van der Waals surface area (Å²) < 4.78 is 5.97. The van der Waals surface area contributed by atoms with Gasteiger partial charge in [-0.25, -0.2) is 4.79 Å². The maximum absolute atomic E-state index is 11.4. The van der Waals surface area contributed by atoms with Crippen molar-refractivity contribution >= 4 is 11.9 Å². The summed E-state index contributed by atoms with van der Waals surface area (Å²) >= 11 is 0. The molecular weight excluding hydrogens is 248 g/mol. The molecule has 0 amide bonds. The monoisotopic (exact) mass is 260 g/mol. The number of carboxylic acid groups (broad SMARTS) is 1. The number of hydrogen-bond acceptors (Lipinski definition) is 4. The highest BCUT2D eigenvalue weighted by Gasteiger charge is 2.08. The smallest absolute Gasteiger partial charge is 0.337 e. The Morgan fingerprint density at radius 1 is 1.37 bits per heavy atom. The zero-order valence-corrected chi connectivity index (χ0v) is 10.2. The molecule has 0 atom stereocenters. The molecule has 0 saturated carbocycles. The molecule has 0 aliphatic rings. The van der Waals surface area contributed by atoms with E-state index < -0.39 is 11.9 Å². The lowest BCUT2D eigenvalue weighted by Gasteiger charge is -2.01. The minimum absolute atomic E-state index is 0.198. The summed E-state index contributed by atoms with van der Waals surface area (Å²) in [5.74, 6) is -1.38. The normalized spacial score (nSPS) is 10.2. The number of methoxy groups -OCH3 is 1. The summed E-state index contributed by atoms with van der Waals surface area (Å²) in [7, 11) is 1.32. The summed E-state index contributed by atoms with van der Waals surface area (Å²) in [4.78, 5) is 22.0. The van der Waals surface area contributed by atoms with Crippen LogP contribution >= 0.6 is 0 Å². The zero-order valence-electron chi connectivity index (χ0n) is 10.2. The molecule has 6 heteroatoms. The van der Waals surface area contributed by atoms with E-state index in [0.29, 0.717) is 5.56 Å². The Morgan fingerprint density at radius 3 is 2.84 bits per heavy atom. The van der Waals surface area contributed by atoms with Gasteiger partial charge in [-0.3, -0.25) is 9.48 Å². The van der Waals surface area contributed by atoms with Gasteiger partial charge in [-0.15, -0.1) is 0 Å². The standard InChI is InChI=1S/C13H12N2O4/c1-19-13(18)10-4-2-3-9(5-10)11-6-14-15(7-11)8-12(16)17/h2-7H,8H2,1H3,(H,16,17). The molecule has 0 radical (unpaired) electrons. The van der Waals surface area contributed by atoms with Gasteiger partial charge in [-0.05, 0) is 17.7 Å². The number of benzene rings is 1. The second-order valence-corrected chi connectivity index (χ2v) is 3.89. The molecule has 2 aromatic rings. The Kier molecular flexibility index (Phi) is 3.61. The van der Waals surface area contributed by atoms with Crippen molar-refractivity contribution in [3.05, 3.63) is 42.2 Å². The predicted molar refractivity (Wildman–Crippen MR) is 66.6 cm³/mol. The van der Waals surface area contributed by atoms with Crippen molar-refractivity contribution in [2.75, 3.05) is 7.11 Å². The first-order chi connectivity index (χ1) is 9.10. The van der Waals surface area contributed by atoms with Crippen molar-refractivity contribution < 1.29 is 19.4 Å². The maximum Gasteiger partial charge on any atom is 0.337 e. The van der Waals surface area contributed by atoms with Crippen LogP contribution in [0.25, 0.3) is 11.1 Å². The van der Waals surface area contributed by atoms with E-state index in [4.69, 9.17) is 5.11 Å². The van der Waals surface area contributed by atoms with Gasteiger partial charge in [-0.2, -0.15) is 5.10 Å². The van der Waals surface area contributed by atoms with Gasteiger partial charge in [0, 0.05) is 11.8 Å². The molecule has 0 aliphatic carbocycles. The van der Waals surface area contributed by atoms with Gasteiger partial charge in [-0.1, -0.05) is 12.1 Å². The van der Waals surface area contributed by atoms with Crippen LogP contribution in [0.15, 0.2) is 36.7 Å². The number of hydrogen-bond donors (Lipinski definition) is 1. The molecule has 6 nitrogen and oxygen atoms in total. The molecule has 19 heavy (non-hydrogen) atoms. The first-order valence-electron chi connectivity index (χ1n) is 5.53. The van der Waals surface area contributed by atoms with Crippen molar-refractivity contribution in [1.29, 1.82) is 0 Å². The van der Waals surface area contributed by atoms with E-state index in [9.17, 15) is 9.59 Å². The molecule has 1 aromatic heterocycles. The highest BCUT2D eigenvalue weighted by molar-refractivity contribution is 5.90. The van der Waals surface area contributed by atoms with E-state index in [0.717, 1.165) is 11.1 Å². The van der Waals surface area contributed by atoms with E-state index in [1.807, 2.05) is 6.07 Å². The van der Waals surface area contributed by atoms with Gasteiger partial charge in [0.05, 0.1) is 18.9 Å². The third-order valence-electron chi connectivity index (χ3n) is 2.55. The number of carboxylic acids is 1. The van der Waals surface area contributed by atoms with Gasteiger partial charge in [0.15, 0.2) is 0 Å². The highest BCUT2D eigenvalue weighted by Crippen LogP contribution is 2.20. The number of nitrogens with zero attached hydrogens (tertiary/aromatic N) is 2. The predicted octanol–water partition coefficient (Wildman–Crippen LogP) is 1.42. The lowest BCUT2D eigenvalue weighted by molar-refractivity contribution is -0.137. The summed E-state index contributed by atoms with van der Waals surface area (Å²) in [5.41, 5.74) is 1.96. The Balaban J connectivity index is 2.29. The van der Waals surface area contributed by atoms with Crippen molar-refractivity contribution in [2.24, 2.45) is 0 Å². The molecule has 2 rings (SSSR count). The van der Waals surface area contributed by atoms with Gasteiger partial charge >= 0.3 is 11.9 Å². The topological polar surface area (TPSA) is 81.4 Å². The summed E-state index contributed by atoms with van der Waals surface area (Å²) in [5, 5.41) is 12.6. The highest BCUT2D eigenvalue weighted by atomic mass is 16.5. The number of ether oxygens (including phenoxy) is 1. The fourth-order valence-corrected chi connectivity index (χ4v) is 1.68. The Labute approximate surface area is 109 Å². The van der Waals surface area contributed by atoms with Crippen molar-refractivity contribution in [3.63, 3.8) is 0 Å². The Morgan fingerprint density at radius 2 is 2.16 bits per heavy atom. The van der Waals surface area contributed by atoms with Crippen LogP contribution in [0.5, 0.6) is 0 Å². The van der Waals surface area contributed by atoms with Crippen molar-refractivity contribution in [1.82, 2.24) is 9.78 Å². The molecule has 0 spiro atoms. The molecule has 98 valence electrons. The Hall–Kier alpha value is -2.63. The largest absolute Gasteiger partial charge is 0.480 e. The number of aliphatic carboxylic acids is 1. The van der Waals surface area contributed by atoms with Crippen LogP contribution in [0, 0.1) is 0 Å². The van der Waals surface area contributed by atoms with Crippen molar-refractivity contribution in [2.45, 2.75) is 6.54 Å². The lowest BCUT2D eigenvalue weighted by Crippen LogP contribution is -2.08. The van der Waals surface area contributed by atoms with Crippen LogP contribution in [-0.4, -0.2) is 33.9 Å². The molecule has 0 bridgehead atoms. The second-order valence-electron chi connectivity index (χ2n) is 3.89. The van der Waals surface area contributed by atoms with Crippen LogP contribution in [0.2, 0.25) is 0 Å². The fourth-order valence-electron chi connectivity index (χ4n) is 1.68. The number of esters is 1. The molecule has 1 N–H and O–H groups in total. The summed E-state index contributed by atoms with van der Waals surface area (Å²) in [6.07, 6.45) is 3.17. The van der Waals surface area contributed by atoms with E-state index >= 15 is 0 Å². The maximum atomic E-state index is 11.4. The third kappa shape index (κ3) is 2.98. The van der Waals surface area contributed by atoms with E-state index in [1.54, 1.807) is 30.6 Å². The van der Waals surface area contributed by atoms with Crippen LogP contribution in [-0.2, 0) is 16.1 Å². The summed E-state index contributed by atoms with van der Waals surface area (Å²) in [6, 6.07) is 6.87. The SMILES string of the molecule is COC(=O)c1cccc(-c2cnn(CC(=O)O)c2)c1. The first-order valence-corrected chi connectivity index (χ1v) is 5.53. The molecule has 0 unspecified atom stereocenters. The van der Waals surface area contributed by atoms with E-state index in [2.05, 4.69) is 9.84 Å². The third-order valence-corrected chi connectivity index (χ3v) is 2.55. The van der Waals surface area contributed by atoms with Gasteiger partial charge < -0.3 is 9.84 Å². The van der Waals surface area contributed by atoms with E-state index in [-0.39, 0.29) is 6.54 Å². The summed E-state index contributed by atoms with van der Waals surface area (Å²) in [6.45, 7) is -0.198. The van der Waals surface area contributed by atoms with E-state index in [1.165, 1.54) is 11.8 Å². The van der Waals surface area contributed by atoms with Crippen LogP contribution in [0.3, 0.4) is 0 Å². The minimum Gasteiger partial charge on any atom is -0.480 e. The minimum atomic E-state index is -0.960. The molecule has 0 aliphatic heterocycles. The molecule has 1 heterocycles. The quantitative estimate of drug-likeness (QED) is 0.841. The molecular formula is C13H12N2O4. The van der Waals surface area contributed by atoms with Crippen LogP contribution in [0.4, 0.5) is 0 Å². The van der Waals surface area contributed by atoms with Gasteiger partial charge in [0.25, 0.3) is 0 Å². The molecule has 1 aromatic carbocycles. The van der Waals surface area contributed by atoms with Gasteiger partial charge in [0.2, 0.25) is 0 Å². The van der Waals surface area contributed by atoms with Crippen molar-refractivity contribution in [3.8, 4) is 11.1 Å². The number of carbonyl (C=O) groups excluding carboxylic acids is 1. The molecule has 0 saturated heterocycles. The Bertz CT molecular complexity index is 619. The lowest BCUT2D eigenvalue weighted by atomic mass is 10.1. The number of rotatable bonds is 4. The second kappa shape index (κ2) is 5.34. The zero-order chi connectivity index (χ0) is 13.8. The van der Waals surface area contributed by atoms with Crippen LogP contribution in [0.1, 0.15) is 10.4 Å². The number of aromatic nitrogens is 2. The fraction of sp³-hybridized carbons (Fsp3) is 0.154. The average molecular weight is 260 g/mol. The number of carbonyl (C=O) groups is 2. The first kappa shape index (κ1) is 12.8. The average Bonchev–Trinajstić information content (AvgIpc) is 2.85. The van der Waals surface area contributed by atoms with Gasteiger partial charge in [0.1, 0.15) is 6.54 Å². The van der Waals surface area contributed by atoms with Crippen LogP contribution < -0.4 is 0 Å². The molecule has 0 fully saturated rings.